The Morgan fingerprint density at radius 1 is 1.41 bits per heavy atom. The van der Waals surface area contributed by atoms with Crippen LogP contribution in [0.5, 0.6) is 0 Å². The summed E-state index contributed by atoms with van der Waals surface area (Å²) in [6.45, 7) is 2.08. The van der Waals surface area contributed by atoms with Gasteiger partial charge in [-0.2, -0.15) is 13.2 Å². The van der Waals surface area contributed by atoms with Gasteiger partial charge in [0.2, 0.25) is 5.91 Å². The fourth-order valence-corrected chi connectivity index (χ4v) is 3.03. The molecule has 2 rings (SSSR count). The van der Waals surface area contributed by atoms with Crippen molar-refractivity contribution < 1.29 is 22.8 Å². The second kappa shape index (κ2) is 6.64. The summed E-state index contributed by atoms with van der Waals surface area (Å²) in [7, 11) is 0. The molecular formula is C13H16F3N3O2S. The van der Waals surface area contributed by atoms with Crippen LogP contribution in [-0.2, 0) is 16.1 Å². The summed E-state index contributed by atoms with van der Waals surface area (Å²) in [6, 6.07) is 0. The number of carbonyl (C=O) groups excluding carboxylic acids is 2. The van der Waals surface area contributed by atoms with E-state index in [9.17, 15) is 22.8 Å². The molecule has 22 heavy (non-hydrogen) atoms. The molecule has 1 N–H and O–H groups in total. The molecule has 2 heterocycles. The Balaban J connectivity index is 1.79. The van der Waals surface area contributed by atoms with Crippen LogP contribution < -0.4 is 5.32 Å². The molecule has 2 amide bonds. The first kappa shape index (κ1) is 16.7. The van der Waals surface area contributed by atoms with Crippen LogP contribution in [0.15, 0.2) is 5.38 Å². The van der Waals surface area contributed by atoms with Crippen LogP contribution in [-0.4, -0.2) is 41.0 Å². The number of likely N-dealkylation sites (tertiary alicyclic amines) is 1. The van der Waals surface area contributed by atoms with Gasteiger partial charge in [0, 0.05) is 30.1 Å². The van der Waals surface area contributed by atoms with E-state index in [0.717, 1.165) is 15.6 Å². The Hall–Kier alpha value is -1.64. The summed E-state index contributed by atoms with van der Waals surface area (Å²) < 4.78 is 37.0. The Labute approximate surface area is 129 Å². The zero-order chi connectivity index (χ0) is 16.3. The highest BCUT2D eigenvalue weighted by molar-refractivity contribution is 7.09. The highest BCUT2D eigenvalue weighted by Gasteiger charge is 2.43. The number of rotatable bonds is 3. The number of halogens is 3. The third kappa shape index (κ3) is 4.19. The smallest absolute Gasteiger partial charge is 0.349 e. The van der Waals surface area contributed by atoms with Gasteiger partial charge in [0.1, 0.15) is 5.01 Å². The van der Waals surface area contributed by atoms with E-state index in [1.54, 1.807) is 0 Å². The van der Waals surface area contributed by atoms with Crippen LogP contribution in [0.2, 0.25) is 0 Å². The summed E-state index contributed by atoms with van der Waals surface area (Å²) in [5.41, 5.74) is 0.883. The molecule has 0 bridgehead atoms. The van der Waals surface area contributed by atoms with Crippen molar-refractivity contribution in [3.63, 3.8) is 0 Å². The van der Waals surface area contributed by atoms with Crippen molar-refractivity contribution >= 4 is 23.2 Å². The van der Waals surface area contributed by atoms with E-state index in [2.05, 4.69) is 10.3 Å². The van der Waals surface area contributed by atoms with Crippen molar-refractivity contribution in [3.05, 3.63) is 16.1 Å². The SMILES string of the molecule is Cc1csc(CNC(=O)C2CCN(C(=O)C(F)(F)F)CC2)n1. The second-order valence-corrected chi connectivity index (χ2v) is 6.11. The summed E-state index contributed by atoms with van der Waals surface area (Å²) in [4.78, 5) is 28.1. The van der Waals surface area contributed by atoms with Gasteiger partial charge in [-0.05, 0) is 19.8 Å². The van der Waals surface area contributed by atoms with Crippen LogP contribution in [0, 0.1) is 12.8 Å². The standard InChI is InChI=1S/C13H16F3N3O2S/c1-8-7-22-10(18-8)6-17-11(20)9-2-4-19(5-3-9)12(21)13(14,15)16/h7,9H,2-6H2,1H3,(H,17,20). The molecular weight excluding hydrogens is 319 g/mol. The molecule has 1 fully saturated rings. The van der Waals surface area contributed by atoms with Crippen molar-refractivity contribution in [2.75, 3.05) is 13.1 Å². The number of thiazole rings is 1. The fourth-order valence-electron chi connectivity index (χ4n) is 2.32. The number of piperidine rings is 1. The van der Waals surface area contributed by atoms with E-state index >= 15 is 0 Å². The highest BCUT2D eigenvalue weighted by atomic mass is 32.1. The molecule has 0 aliphatic carbocycles. The fraction of sp³-hybridized carbons (Fsp3) is 0.615. The predicted octanol–water partition coefficient (Wildman–Crippen LogP) is 1.87. The number of hydrogen-bond acceptors (Lipinski definition) is 4. The Morgan fingerprint density at radius 2 is 2.05 bits per heavy atom. The van der Waals surface area contributed by atoms with Crippen LogP contribution in [0.4, 0.5) is 13.2 Å². The second-order valence-electron chi connectivity index (χ2n) is 5.16. The van der Waals surface area contributed by atoms with Gasteiger partial charge in [0.05, 0.1) is 6.54 Å². The maximum Gasteiger partial charge on any atom is 0.471 e. The highest BCUT2D eigenvalue weighted by Crippen LogP contribution is 2.24. The van der Waals surface area contributed by atoms with Gasteiger partial charge in [-0.1, -0.05) is 0 Å². The molecule has 5 nitrogen and oxygen atoms in total. The molecule has 0 unspecified atom stereocenters. The van der Waals surface area contributed by atoms with Crippen LogP contribution >= 0.6 is 11.3 Å². The van der Waals surface area contributed by atoms with Crippen molar-refractivity contribution in [1.29, 1.82) is 0 Å². The summed E-state index contributed by atoms with van der Waals surface area (Å²) in [6.07, 6.45) is -4.37. The van der Waals surface area contributed by atoms with E-state index in [4.69, 9.17) is 0 Å². The third-order valence-electron chi connectivity index (χ3n) is 3.48. The van der Waals surface area contributed by atoms with Crippen LogP contribution in [0.3, 0.4) is 0 Å². The molecule has 0 atom stereocenters. The molecule has 0 saturated carbocycles. The molecule has 0 spiro atoms. The van der Waals surface area contributed by atoms with E-state index < -0.39 is 12.1 Å². The molecule has 122 valence electrons. The predicted molar refractivity (Wildman–Crippen MR) is 74.1 cm³/mol. The Kier molecular flexibility index (Phi) is 5.05. The van der Waals surface area contributed by atoms with Gasteiger partial charge in [-0.25, -0.2) is 4.98 Å². The lowest BCUT2D eigenvalue weighted by Crippen LogP contribution is -2.47. The van der Waals surface area contributed by atoms with Gasteiger partial charge in [0.25, 0.3) is 0 Å². The number of hydrogen-bond donors (Lipinski definition) is 1. The summed E-state index contributed by atoms with van der Waals surface area (Å²) in [5, 5.41) is 5.40. The minimum absolute atomic E-state index is 0.0488. The first-order valence-electron chi connectivity index (χ1n) is 6.82. The van der Waals surface area contributed by atoms with Gasteiger partial charge >= 0.3 is 12.1 Å². The third-order valence-corrected chi connectivity index (χ3v) is 4.44. The number of nitrogens with one attached hydrogen (secondary N) is 1. The minimum Gasteiger partial charge on any atom is -0.349 e. The van der Waals surface area contributed by atoms with Crippen molar-refractivity contribution in [3.8, 4) is 0 Å². The molecule has 1 aliphatic heterocycles. The van der Waals surface area contributed by atoms with Gasteiger partial charge in [-0.15, -0.1) is 11.3 Å². The number of amides is 2. The van der Waals surface area contributed by atoms with Crippen molar-refractivity contribution in [1.82, 2.24) is 15.2 Å². The number of aryl methyl sites for hydroxylation is 1. The zero-order valence-electron chi connectivity index (χ0n) is 11.9. The van der Waals surface area contributed by atoms with Gasteiger partial charge in [0.15, 0.2) is 0 Å². The normalized spacial score (nSPS) is 16.6. The minimum atomic E-state index is -4.85. The maximum atomic E-state index is 12.3. The molecule has 0 aromatic carbocycles. The van der Waals surface area contributed by atoms with Gasteiger partial charge in [-0.3, -0.25) is 9.59 Å². The van der Waals surface area contributed by atoms with Crippen molar-refractivity contribution in [2.45, 2.75) is 32.5 Å². The van der Waals surface area contributed by atoms with E-state index in [-0.39, 0.29) is 37.8 Å². The van der Waals surface area contributed by atoms with E-state index in [1.807, 2.05) is 12.3 Å². The largest absolute Gasteiger partial charge is 0.471 e. The Morgan fingerprint density at radius 3 is 2.55 bits per heavy atom. The molecule has 1 aromatic heterocycles. The van der Waals surface area contributed by atoms with Crippen LogP contribution in [0.1, 0.15) is 23.5 Å². The molecule has 1 saturated heterocycles. The summed E-state index contributed by atoms with van der Waals surface area (Å²) >= 11 is 1.44. The Bertz CT molecular complexity index is 551. The first-order valence-corrected chi connectivity index (χ1v) is 7.70. The molecule has 9 heteroatoms. The van der Waals surface area contributed by atoms with E-state index in [0.29, 0.717) is 6.54 Å². The lowest BCUT2D eigenvalue weighted by atomic mass is 9.96. The monoisotopic (exact) mass is 335 g/mol. The van der Waals surface area contributed by atoms with Crippen LogP contribution in [0.25, 0.3) is 0 Å². The summed E-state index contributed by atoms with van der Waals surface area (Å²) in [5.74, 6) is -2.39. The number of nitrogens with zero attached hydrogens (tertiary/aromatic N) is 2. The van der Waals surface area contributed by atoms with Crippen molar-refractivity contribution in [2.24, 2.45) is 5.92 Å². The van der Waals surface area contributed by atoms with Gasteiger partial charge < -0.3 is 10.2 Å². The molecule has 1 aromatic rings. The average Bonchev–Trinajstić information content (AvgIpc) is 2.89. The topological polar surface area (TPSA) is 62.3 Å². The number of carbonyl (C=O) groups is 2. The number of aromatic nitrogens is 1. The zero-order valence-corrected chi connectivity index (χ0v) is 12.8. The lowest BCUT2D eigenvalue weighted by Gasteiger charge is -2.31. The molecule has 0 radical (unpaired) electrons. The molecule has 1 aliphatic rings. The number of alkyl halides is 3. The first-order chi connectivity index (χ1) is 10.3. The average molecular weight is 335 g/mol. The quantitative estimate of drug-likeness (QED) is 0.917. The van der Waals surface area contributed by atoms with E-state index in [1.165, 1.54) is 11.3 Å². The maximum absolute atomic E-state index is 12.3. The lowest BCUT2D eigenvalue weighted by molar-refractivity contribution is -0.186.